The lowest BCUT2D eigenvalue weighted by atomic mass is 9.69. The molecule has 36 heavy (non-hydrogen) atoms. The van der Waals surface area contributed by atoms with Crippen molar-refractivity contribution >= 4 is 11.8 Å². The molecule has 3 unspecified atom stereocenters. The number of ether oxygens (including phenoxy) is 2. The van der Waals surface area contributed by atoms with Crippen molar-refractivity contribution in [1.82, 2.24) is 0 Å². The molecular formula is C31H29N3O2. The summed E-state index contributed by atoms with van der Waals surface area (Å²) in [6.07, 6.45) is 4.75. The fourth-order valence-electron chi connectivity index (χ4n) is 5.84. The van der Waals surface area contributed by atoms with E-state index in [1.54, 1.807) is 0 Å². The number of fused-ring (bicyclic) bond motifs is 3. The molecular weight excluding hydrogens is 446 g/mol. The molecule has 2 aliphatic rings. The minimum Gasteiger partial charge on any atom is -0.494 e. The SMILES string of the molecule is CCOc1ccc(OCC)c(C2C(Cc3ccccc3)N3c4ccccc4C=CC3C2(C#N)C#N)c1. The number of nitriles is 2. The van der Waals surface area contributed by atoms with Gasteiger partial charge in [-0.1, -0.05) is 60.7 Å². The molecule has 1 saturated heterocycles. The molecule has 3 aromatic rings. The molecule has 0 aliphatic carbocycles. The molecule has 0 amide bonds. The van der Waals surface area contributed by atoms with Gasteiger partial charge in [-0.05, 0) is 55.7 Å². The first-order valence-electron chi connectivity index (χ1n) is 12.5. The van der Waals surface area contributed by atoms with E-state index in [0.717, 1.165) is 22.4 Å². The van der Waals surface area contributed by atoms with Gasteiger partial charge in [0, 0.05) is 23.2 Å². The van der Waals surface area contributed by atoms with E-state index in [9.17, 15) is 10.5 Å². The lowest BCUT2D eigenvalue weighted by molar-refractivity contribution is 0.318. The maximum absolute atomic E-state index is 10.7. The normalized spacial score (nSPS) is 21.1. The molecule has 0 aromatic heterocycles. The average Bonchev–Trinajstić information content (AvgIpc) is 3.20. The number of anilines is 1. The van der Waals surface area contributed by atoms with E-state index in [4.69, 9.17) is 9.47 Å². The summed E-state index contributed by atoms with van der Waals surface area (Å²) in [5, 5.41) is 21.4. The van der Waals surface area contributed by atoms with Crippen LogP contribution in [-0.4, -0.2) is 25.3 Å². The first-order valence-corrected chi connectivity index (χ1v) is 12.5. The number of hydrogen-bond donors (Lipinski definition) is 0. The monoisotopic (exact) mass is 475 g/mol. The average molecular weight is 476 g/mol. The Labute approximate surface area is 212 Å². The van der Waals surface area contributed by atoms with Crippen LogP contribution in [0.15, 0.2) is 78.9 Å². The Balaban J connectivity index is 1.76. The minimum absolute atomic E-state index is 0.154. The van der Waals surface area contributed by atoms with Crippen LogP contribution >= 0.6 is 0 Å². The maximum atomic E-state index is 10.7. The topological polar surface area (TPSA) is 69.3 Å². The second-order valence-electron chi connectivity index (χ2n) is 9.16. The molecule has 1 fully saturated rings. The highest BCUT2D eigenvalue weighted by molar-refractivity contribution is 5.76. The van der Waals surface area contributed by atoms with Crippen LogP contribution in [0.2, 0.25) is 0 Å². The van der Waals surface area contributed by atoms with Crippen molar-refractivity contribution in [1.29, 1.82) is 10.5 Å². The highest BCUT2D eigenvalue weighted by Crippen LogP contribution is 2.57. The first kappa shape index (κ1) is 23.5. The van der Waals surface area contributed by atoms with Crippen LogP contribution in [0, 0.1) is 28.1 Å². The number of rotatable bonds is 7. The third kappa shape index (κ3) is 3.78. The molecule has 0 saturated carbocycles. The second kappa shape index (κ2) is 9.80. The molecule has 3 atom stereocenters. The van der Waals surface area contributed by atoms with Crippen LogP contribution in [-0.2, 0) is 6.42 Å². The molecule has 0 N–H and O–H groups in total. The van der Waals surface area contributed by atoms with E-state index in [-0.39, 0.29) is 6.04 Å². The largest absolute Gasteiger partial charge is 0.494 e. The van der Waals surface area contributed by atoms with Crippen molar-refractivity contribution in [3.8, 4) is 23.6 Å². The van der Waals surface area contributed by atoms with Crippen LogP contribution in [0.5, 0.6) is 11.5 Å². The molecule has 0 spiro atoms. The summed E-state index contributed by atoms with van der Waals surface area (Å²) in [5.41, 5.74) is 2.81. The van der Waals surface area contributed by atoms with Gasteiger partial charge in [-0.3, -0.25) is 0 Å². The Morgan fingerprint density at radius 1 is 0.889 bits per heavy atom. The zero-order valence-corrected chi connectivity index (χ0v) is 20.6. The summed E-state index contributed by atoms with van der Waals surface area (Å²) in [7, 11) is 0. The van der Waals surface area contributed by atoms with Crippen LogP contribution in [0.25, 0.3) is 6.08 Å². The van der Waals surface area contributed by atoms with Gasteiger partial charge in [-0.25, -0.2) is 0 Å². The third-order valence-corrected chi connectivity index (χ3v) is 7.26. The number of para-hydroxylation sites is 1. The van der Waals surface area contributed by atoms with E-state index in [1.807, 2.05) is 74.5 Å². The Hall–Kier alpha value is -4.22. The number of nitrogens with zero attached hydrogens (tertiary/aromatic N) is 3. The zero-order chi connectivity index (χ0) is 25.1. The van der Waals surface area contributed by atoms with E-state index in [1.165, 1.54) is 0 Å². The molecule has 3 aromatic carbocycles. The van der Waals surface area contributed by atoms with E-state index in [2.05, 4.69) is 41.3 Å². The van der Waals surface area contributed by atoms with Crippen LogP contribution in [0.4, 0.5) is 5.69 Å². The predicted molar refractivity (Wildman–Crippen MR) is 141 cm³/mol. The highest BCUT2D eigenvalue weighted by atomic mass is 16.5. The lowest BCUT2D eigenvalue weighted by Gasteiger charge is -2.36. The zero-order valence-electron chi connectivity index (χ0n) is 20.6. The van der Waals surface area contributed by atoms with Crippen molar-refractivity contribution in [2.45, 2.75) is 38.3 Å². The van der Waals surface area contributed by atoms with Gasteiger partial charge in [0.05, 0.1) is 31.4 Å². The highest BCUT2D eigenvalue weighted by Gasteiger charge is 2.61. The summed E-state index contributed by atoms with van der Waals surface area (Å²) in [5.74, 6) is 0.964. The standard InChI is InChI=1S/C31H29N3O2/c1-3-35-24-15-16-28(36-4-2)25(19-24)30-27(18-22-10-6-5-7-11-22)34-26-13-9-8-12-23(26)14-17-29(34)31(30,20-32)21-33/h5-17,19,27,29-30H,3-4,18H2,1-2H3. The maximum Gasteiger partial charge on any atom is 0.176 e. The number of benzene rings is 3. The minimum atomic E-state index is -1.32. The molecule has 5 rings (SSSR count). The van der Waals surface area contributed by atoms with Gasteiger partial charge in [0.2, 0.25) is 0 Å². The Bertz CT molecular complexity index is 1340. The summed E-state index contributed by atoms with van der Waals surface area (Å²) in [6, 6.07) is 28.7. The van der Waals surface area contributed by atoms with E-state index < -0.39 is 17.4 Å². The Kier molecular flexibility index (Phi) is 6.40. The van der Waals surface area contributed by atoms with Crippen molar-refractivity contribution in [2.75, 3.05) is 18.1 Å². The molecule has 2 heterocycles. The Morgan fingerprint density at radius 2 is 1.61 bits per heavy atom. The first-order chi connectivity index (χ1) is 17.7. The van der Waals surface area contributed by atoms with Gasteiger partial charge in [0.1, 0.15) is 11.5 Å². The third-order valence-electron chi connectivity index (χ3n) is 7.26. The van der Waals surface area contributed by atoms with Crippen molar-refractivity contribution in [3.05, 3.63) is 95.6 Å². The fraction of sp³-hybridized carbons (Fsp3) is 0.290. The molecule has 0 radical (unpaired) electrons. The van der Waals surface area contributed by atoms with Gasteiger partial charge >= 0.3 is 0 Å². The summed E-state index contributed by atoms with van der Waals surface area (Å²) in [6.45, 7) is 4.90. The fourth-order valence-corrected chi connectivity index (χ4v) is 5.84. The summed E-state index contributed by atoms with van der Waals surface area (Å²) < 4.78 is 11.9. The predicted octanol–water partition coefficient (Wildman–Crippen LogP) is 6.13. The van der Waals surface area contributed by atoms with Gasteiger partial charge in [0.15, 0.2) is 5.41 Å². The van der Waals surface area contributed by atoms with E-state index >= 15 is 0 Å². The number of hydrogen-bond acceptors (Lipinski definition) is 5. The summed E-state index contributed by atoms with van der Waals surface area (Å²) in [4.78, 5) is 2.29. The van der Waals surface area contributed by atoms with Crippen LogP contribution in [0.1, 0.15) is 36.5 Å². The van der Waals surface area contributed by atoms with Crippen molar-refractivity contribution in [2.24, 2.45) is 5.41 Å². The van der Waals surface area contributed by atoms with Crippen LogP contribution < -0.4 is 14.4 Å². The molecule has 5 heteroatoms. The van der Waals surface area contributed by atoms with Crippen LogP contribution in [0.3, 0.4) is 0 Å². The summed E-state index contributed by atoms with van der Waals surface area (Å²) >= 11 is 0. The smallest absolute Gasteiger partial charge is 0.176 e. The van der Waals surface area contributed by atoms with E-state index in [0.29, 0.717) is 31.1 Å². The lowest BCUT2D eigenvalue weighted by Crippen LogP contribution is -2.42. The van der Waals surface area contributed by atoms with Crippen molar-refractivity contribution < 1.29 is 9.47 Å². The van der Waals surface area contributed by atoms with Gasteiger partial charge in [-0.2, -0.15) is 10.5 Å². The quantitative estimate of drug-likeness (QED) is 0.411. The molecule has 5 nitrogen and oxygen atoms in total. The molecule has 0 bridgehead atoms. The Morgan fingerprint density at radius 3 is 2.33 bits per heavy atom. The second-order valence-corrected chi connectivity index (χ2v) is 9.16. The van der Waals surface area contributed by atoms with Gasteiger partial charge < -0.3 is 14.4 Å². The molecule has 180 valence electrons. The van der Waals surface area contributed by atoms with Gasteiger partial charge in [-0.15, -0.1) is 0 Å². The molecule has 2 aliphatic heterocycles. The van der Waals surface area contributed by atoms with Crippen molar-refractivity contribution in [3.63, 3.8) is 0 Å². The van der Waals surface area contributed by atoms with Gasteiger partial charge in [0.25, 0.3) is 0 Å².